The molecule has 0 fully saturated rings. The van der Waals surface area contributed by atoms with Crippen LogP contribution in [0.1, 0.15) is 23.1 Å². The molecule has 0 spiro atoms. The molecule has 0 aromatic heterocycles. The van der Waals surface area contributed by atoms with Crippen LogP contribution in [0, 0.1) is 0 Å². The maximum Gasteiger partial charge on any atom is 0.0776 e. The molecule has 2 aromatic rings. The third kappa shape index (κ3) is 2.12. The molecule has 0 saturated carbocycles. The Labute approximate surface area is 134 Å². The van der Waals surface area contributed by atoms with Crippen LogP contribution < -0.4 is 5.19 Å². The molecule has 2 aliphatic carbocycles. The molecule has 22 heavy (non-hydrogen) atoms. The molecule has 0 unspecified atom stereocenters. The standard InChI is InChI=1S/C21H22Si/c1-22(2,3)17-13-19(15-8-4-5-9-15)20-12-16-10-6-7-11-18(16)21(20)14-17/h4-8,10-11,13-14H,9,12H2,1-3H3. The van der Waals surface area contributed by atoms with Crippen molar-refractivity contribution in [2.75, 3.05) is 0 Å². The molecule has 0 atom stereocenters. The van der Waals surface area contributed by atoms with E-state index < -0.39 is 8.07 Å². The Morgan fingerprint density at radius 3 is 2.41 bits per heavy atom. The van der Waals surface area contributed by atoms with Crippen LogP contribution in [-0.2, 0) is 6.42 Å². The van der Waals surface area contributed by atoms with Gasteiger partial charge in [-0.05, 0) is 46.2 Å². The molecule has 0 N–H and O–H groups in total. The summed E-state index contributed by atoms with van der Waals surface area (Å²) in [6.45, 7) is 7.34. The molecule has 0 saturated heterocycles. The number of rotatable bonds is 2. The van der Waals surface area contributed by atoms with Crippen molar-refractivity contribution in [2.24, 2.45) is 0 Å². The zero-order chi connectivity index (χ0) is 15.3. The van der Waals surface area contributed by atoms with Crippen molar-refractivity contribution >= 4 is 18.8 Å². The second-order valence-corrected chi connectivity index (χ2v) is 12.5. The van der Waals surface area contributed by atoms with Gasteiger partial charge in [0.1, 0.15) is 0 Å². The number of allylic oxidation sites excluding steroid dienone is 4. The van der Waals surface area contributed by atoms with Crippen LogP contribution in [0.2, 0.25) is 19.6 Å². The van der Waals surface area contributed by atoms with Gasteiger partial charge < -0.3 is 0 Å². The Morgan fingerprint density at radius 2 is 1.68 bits per heavy atom. The first-order valence-electron chi connectivity index (χ1n) is 8.16. The first kappa shape index (κ1) is 13.8. The predicted octanol–water partition coefficient (Wildman–Crippen LogP) is 5.15. The molecule has 4 rings (SSSR count). The molecular weight excluding hydrogens is 280 g/mol. The van der Waals surface area contributed by atoms with E-state index in [1.165, 1.54) is 33.4 Å². The van der Waals surface area contributed by atoms with Gasteiger partial charge in [-0.2, -0.15) is 0 Å². The lowest BCUT2D eigenvalue weighted by atomic mass is 9.95. The minimum Gasteiger partial charge on any atom is -0.0801 e. The van der Waals surface area contributed by atoms with Gasteiger partial charge in [-0.25, -0.2) is 0 Å². The lowest BCUT2D eigenvalue weighted by molar-refractivity contribution is 1.24. The maximum absolute atomic E-state index is 2.50. The van der Waals surface area contributed by atoms with E-state index in [-0.39, 0.29) is 0 Å². The zero-order valence-electron chi connectivity index (χ0n) is 13.6. The molecule has 0 aliphatic heterocycles. The van der Waals surface area contributed by atoms with Crippen LogP contribution in [0.15, 0.2) is 54.6 Å². The number of benzene rings is 2. The van der Waals surface area contributed by atoms with Crippen molar-refractivity contribution in [3.63, 3.8) is 0 Å². The summed E-state index contributed by atoms with van der Waals surface area (Å²) >= 11 is 0. The third-order valence-corrected chi connectivity index (χ3v) is 6.93. The predicted molar refractivity (Wildman–Crippen MR) is 99.4 cm³/mol. The number of fused-ring (bicyclic) bond motifs is 3. The third-order valence-electron chi connectivity index (χ3n) is 4.91. The van der Waals surface area contributed by atoms with Crippen molar-refractivity contribution < 1.29 is 0 Å². The number of hydrogen-bond acceptors (Lipinski definition) is 0. The summed E-state index contributed by atoms with van der Waals surface area (Å²) in [7, 11) is -1.33. The zero-order valence-corrected chi connectivity index (χ0v) is 14.6. The highest BCUT2D eigenvalue weighted by Gasteiger charge is 2.26. The summed E-state index contributed by atoms with van der Waals surface area (Å²) in [6, 6.07) is 13.9. The summed E-state index contributed by atoms with van der Waals surface area (Å²) in [5.41, 5.74) is 8.94. The summed E-state index contributed by atoms with van der Waals surface area (Å²) in [6.07, 6.45) is 8.94. The molecule has 2 aromatic carbocycles. The second kappa shape index (κ2) is 4.82. The van der Waals surface area contributed by atoms with E-state index in [2.05, 4.69) is 74.3 Å². The van der Waals surface area contributed by atoms with Gasteiger partial charge >= 0.3 is 0 Å². The fourth-order valence-electron chi connectivity index (χ4n) is 3.60. The lowest BCUT2D eigenvalue weighted by Gasteiger charge is -2.21. The average Bonchev–Trinajstić information content (AvgIpc) is 3.12. The largest absolute Gasteiger partial charge is 0.0801 e. The monoisotopic (exact) mass is 302 g/mol. The molecule has 2 aliphatic rings. The van der Waals surface area contributed by atoms with Crippen molar-refractivity contribution in [2.45, 2.75) is 32.5 Å². The molecule has 0 bridgehead atoms. The molecule has 0 radical (unpaired) electrons. The van der Waals surface area contributed by atoms with E-state index >= 15 is 0 Å². The van der Waals surface area contributed by atoms with Gasteiger partial charge in [-0.3, -0.25) is 0 Å². The molecule has 0 amide bonds. The minimum absolute atomic E-state index is 1.08. The molecule has 0 heterocycles. The van der Waals surface area contributed by atoms with Crippen LogP contribution in [0.4, 0.5) is 0 Å². The van der Waals surface area contributed by atoms with E-state index in [0.717, 1.165) is 12.8 Å². The Bertz CT molecular complexity index is 816. The van der Waals surface area contributed by atoms with Crippen LogP contribution in [-0.4, -0.2) is 8.07 Å². The quantitative estimate of drug-likeness (QED) is 0.575. The van der Waals surface area contributed by atoms with Crippen LogP contribution >= 0.6 is 0 Å². The lowest BCUT2D eigenvalue weighted by Crippen LogP contribution is -2.38. The van der Waals surface area contributed by atoms with Crippen LogP contribution in [0.5, 0.6) is 0 Å². The van der Waals surface area contributed by atoms with Gasteiger partial charge in [0.05, 0.1) is 8.07 Å². The van der Waals surface area contributed by atoms with E-state index in [9.17, 15) is 0 Å². The summed E-state index contributed by atoms with van der Waals surface area (Å²) in [4.78, 5) is 0. The van der Waals surface area contributed by atoms with Gasteiger partial charge in [0.2, 0.25) is 0 Å². The topological polar surface area (TPSA) is 0 Å². The Balaban J connectivity index is 1.97. The van der Waals surface area contributed by atoms with E-state index in [0.29, 0.717) is 0 Å². The van der Waals surface area contributed by atoms with Crippen LogP contribution in [0.3, 0.4) is 0 Å². The van der Waals surface area contributed by atoms with Crippen molar-refractivity contribution in [1.82, 2.24) is 0 Å². The average molecular weight is 302 g/mol. The summed E-state index contributed by atoms with van der Waals surface area (Å²) in [5, 5.41) is 1.57. The van der Waals surface area contributed by atoms with E-state index in [1.54, 1.807) is 5.19 Å². The van der Waals surface area contributed by atoms with Gasteiger partial charge in [0.15, 0.2) is 0 Å². The normalized spacial score (nSPS) is 15.7. The Morgan fingerprint density at radius 1 is 0.909 bits per heavy atom. The minimum atomic E-state index is -1.33. The first-order chi connectivity index (χ1) is 10.5. The molecule has 0 nitrogen and oxygen atoms in total. The Hall–Kier alpha value is -1.86. The number of hydrogen-bond donors (Lipinski definition) is 0. The van der Waals surface area contributed by atoms with E-state index in [4.69, 9.17) is 0 Å². The fourth-order valence-corrected chi connectivity index (χ4v) is 4.75. The van der Waals surface area contributed by atoms with Crippen LogP contribution in [0.25, 0.3) is 16.7 Å². The van der Waals surface area contributed by atoms with Gasteiger partial charge in [0, 0.05) is 0 Å². The van der Waals surface area contributed by atoms with Gasteiger partial charge in [-0.15, -0.1) is 0 Å². The maximum atomic E-state index is 2.50. The molecule has 1 heteroatoms. The van der Waals surface area contributed by atoms with E-state index in [1.807, 2.05) is 0 Å². The first-order valence-corrected chi connectivity index (χ1v) is 11.7. The van der Waals surface area contributed by atoms with Gasteiger partial charge in [0.25, 0.3) is 0 Å². The molecule has 110 valence electrons. The smallest absolute Gasteiger partial charge is 0.0776 e. The van der Waals surface area contributed by atoms with Crippen molar-refractivity contribution in [3.8, 4) is 11.1 Å². The molecular formula is C21H22Si. The second-order valence-electron chi connectivity index (χ2n) is 7.46. The SMILES string of the molecule is C[Si](C)(C)c1cc(C2=CC=CC2)c2c(c1)-c1ccccc1C2. The van der Waals surface area contributed by atoms with Crippen molar-refractivity contribution in [1.29, 1.82) is 0 Å². The highest BCUT2D eigenvalue weighted by molar-refractivity contribution is 6.88. The highest BCUT2D eigenvalue weighted by Crippen LogP contribution is 2.41. The Kier molecular flexibility index (Phi) is 3.02. The van der Waals surface area contributed by atoms with Gasteiger partial charge in [-0.1, -0.05) is 79.5 Å². The highest BCUT2D eigenvalue weighted by atomic mass is 28.3. The summed E-state index contributed by atoms with van der Waals surface area (Å²) in [5.74, 6) is 0. The fraction of sp³-hybridized carbons (Fsp3) is 0.238. The summed E-state index contributed by atoms with van der Waals surface area (Å²) < 4.78 is 0. The van der Waals surface area contributed by atoms with Crippen molar-refractivity contribution in [3.05, 3.63) is 71.3 Å².